The molecular formula is C23H27N3O5. The lowest BCUT2D eigenvalue weighted by Crippen LogP contribution is -2.22. The molecule has 0 unspecified atom stereocenters. The number of ether oxygens (including phenoxy) is 3. The minimum absolute atomic E-state index is 0.138. The second kappa shape index (κ2) is 10.5. The Balaban J connectivity index is 1.65. The fourth-order valence-electron chi connectivity index (χ4n) is 3.18. The number of benzene rings is 2. The number of methoxy groups -OCH3 is 2. The number of hydrogen-bond acceptors (Lipinski definition) is 6. The van der Waals surface area contributed by atoms with E-state index in [0.717, 1.165) is 6.42 Å². The third-order valence-electron chi connectivity index (χ3n) is 4.76. The molecule has 0 aliphatic rings. The molecule has 1 N–H and O–H groups in total. The molecule has 8 nitrogen and oxygen atoms in total. The molecule has 0 spiro atoms. The van der Waals surface area contributed by atoms with E-state index in [-0.39, 0.29) is 17.9 Å². The molecule has 0 atom stereocenters. The van der Waals surface area contributed by atoms with Crippen LogP contribution in [0.15, 0.2) is 47.5 Å². The smallest absolute Gasteiger partial charge is 0.261 e. The van der Waals surface area contributed by atoms with Crippen LogP contribution in [0.2, 0.25) is 0 Å². The van der Waals surface area contributed by atoms with Crippen LogP contribution in [0.25, 0.3) is 10.9 Å². The second-order valence-electron chi connectivity index (χ2n) is 6.96. The first-order valence-corrected chi connectivity index (χ1v) is 10.2. The summed E-state index contributed by atoms with van der Waals surface area (Å²) in [5.74, 6) is 1.49. The highest BCUT2D eigenvalue weighted by Crippen LogP contribution is 2.29. The summed E-state index contributed by atoms with van der Waals surface area (Å²) in [7, 11) is 3.05. The molecule has 0 aliphatic carbocycles. The molecular weight excluding hydrogens is 398 g/mol. The SMILES string of the molecule is CCCOc1ccccc1NC(=O)CCCn1cnc2cc(OC)c(OC)cc2c1=O. The quantitative estimate of drug-likeness (QED) is 0.533. The van der Waals surface area contributed by atoms with E-state index in [1.165, 1.54) is 25.1 Å². The van der Waals surface area contributed by atoms with Crippen molar-refractivity contribution >= 4 is 22.5 Å². The van der Waals surface area contributed by atoms with E-state index in [9.17, 15) is 9.59 Å². The summed E-state index contributed by atoms with van der Waals surface area (Å²) in [4.78, 5) is 29.5. The fraction of sp³-hybridized carbons (Fsp3) is 0.348. The van der Waals surface area contributed by atoms with Gasteiger partial charge in [-0.15, -0.1) is 0 Å². The Labute approximate surface area is 180 Å². The number of fused-ring (bicyclic) bond motifs is 1. The van der Waals surface area contributed by atoms with Gasteiger partial charge in [-0.05, 0) is 31.0 Å². The Morgan fingerprint density at radius 3 is 2.58 bits per heavy atom. The fourth-order valence-corrected chi connectivity index (χ4v) is 3.18. The van der Waals surface area contributed by atoms with Crippen LogP contribution in [0.3, 0.4) is 0 Å². The van der Waals surface area contributed by atoms with Gasteiger partial charge in [0, 0.05) is 19.0 Å². The summed E-state index contributed by atoms with van der Waals surface area (Å²) in [5, 5.41) is 3.32. The maximum Gasteiger partial charge on any atom is 0.261 e. The molecule has 0 aliphatic heterocycles. The number of carbonyl (C=O) groups excluding carboxylic acids is 1. The lowest BCUT2D eigenvalue weighted by atomic mass is 10.2. The zero-order valence-electron chi connectivity index (χ0n) is 18.0. The summed E-state index contributed by atoms with van der Waals surface area (Å²) < 4.78 is 17.7. The Hall–Kier alpha value is -3.55. The molecule has 31 heavy (non-hydrogen) atoms. The van der Waals surface area contributed by atoms with Crippen molar-refractivity contribution in [2.24, 2.45) is 0 Å². The second-order valence-corrected chi connectivity index (χ2v) is 6.96. The van der Waals surface area contributed by atoms with Crippen molar-refractivity contribution in [2.75, 3.05) is 26.1 Å². The van der Waals surface area contributed by atoms with Gasteiger partial charge < -0.3 is 19.5 Å². The molecule has 0 saturated carbocycles. The van der Waals surface area contributed by atoms with Crippen LogP contribution in [0.4, 0.5) is 5.69 Å². The Morgan fingerprint density at radius 1 is 1.10 bits per heavy atom. The number of amides is 1. The third-order valence-corrected chi connectivity index (χ3v) is 4.76. The molecule has 3 rings (SSSR count). The molecule has 0 saturated heterocycles. The Kier molecular flexibility index (Phi) is 7.48. The van der Waals surface area contributed by atoms with E-state index in [1.54, 1.807) is 12.1 Å². The molecule has 1 aromatic heterocycles. The van der Waals surface area contributed by atoms with Gasteiger partial charge in [0.05, 0.1) is 43.7 Å². The number of hydrogen-bond donors (Lipinski definition) is 1. The number of aromatic nitrogens is 2. The molecule has 8 heteroatoms. The largest absolute Gasteiger partial charge is 0.493 e. The topological polar surface area (TPSA) is 91.7 Å². The van der Waals surface area contributed by atoms with Gasteiger partial charge in [-0.2, -0.15) is 0 Å². The summed E-state index contributed by atoms with van der Waals surface area (Å²) in [6.07, 6.45) is 3.13. The van der Waals surface area contributed by atoms with Crippen LogP contribution >= 0.6 is 0 Å². The van der Waals surface area contributed by atoms with Gasteiger partial charge in [-0.25, -0.2) is 4.98 Å². The molecule has 1 amide bonds. The zero-order valence-corrected chi connectivity index (χ0v) is 18.0. The normalized spacial score (nSPS) is 10.7. The molecule has 0 bridgehead atoms. The van der Waals surface area contributed by atoms with Crippen LogP contribution in [0.5, 0.6) is 17.2 Å². The van der Waals surface area contributed by atoms with E-state index >= 15 is 0 Å². The predicted molar refractivity (Wildman–Crippen MR) is 119 cm³/mol. The summed E-state index contributed by atoms with van der Waals surface area (Å²) >= 11 is 0. The number of anilines is 1. The van der Waals surface area contributed by atoms with Gasteiger partial charge in [0.25, 0.3) is 5.56 Å². The van der Waals surface area contributed by atoms with Crippen LogP contribution in [-0.4, -0.2) is 36.3 Å². The monoisotopic (exact) mass is 425 g/mol. The van der Waals surface area contributed by atoms with Crippen LogP contribution in [0.1, 0.15) is 26.2 Å². The Morgan fingerprint density at radius 2 is 1.84 bits per heavy atom. The van der Waals surface area contributed by atoms with E-state index in [0.29, 0.717) is 53.4 Å². The first kappa shape index (κ1) is 22.1. The first-order valence-electron chi connectivity index (χ1n) is 10.2. The summed E-state index contributed by atoms with van der Waals surface area (Å²) in [6.45, 7) is 2.98. The van der Waals surface area contributed by atoms with Gasteiger partial charge in [0.1, 0.15) is 5.75 Å². The van der Waals surface area contributed by atoms with Gasteiger partial charge in [-0.1, -0.05) is 19.1 Å². The van der Waals surface area contributed by atoms with Gasteiger partial charge in [0.2, 0.25) is 5.91 Å². The standard InChI is InChI=1S/C23H27N3O5/c1-4-12-31-19-9-6-5-8-17(19)25-22(27)10-7-11-26-15-24-18-14-21(30-3)20(29-2)13-16(18)23(26)28/h5-6,8-9,13-15H,4,7,10-12H2,1-3H3,(H,25,27). The van der Waals surface area contributed by atoms with Gasteiger partial charge in [0.15, 0.2) is 11.5 Å². The lowest BCUT2D eigenvalue weighted by Gasteiger charge is -2.12. The van der Waals surface area contributed by atoms with Crippen molar-refractivity contribution in [3.8, 4) is 17.2 Å². The minimum Gasteiger partial charge on any atom is -0.493 e. The molecule has 0 radical (unpaired) electrons. The average Bonchev–Trinajstić information content (AvgIpc) is 2.79. The van der Waals surface area contributed by atoms with E-state index in [1.807, 2.05) is 31.2 Å². The van der Waals surface area contributed by atoms with Crippen LogP contribution in [-0.2, 0) is 11.3 Å². The van der Waals surface area contributed by atoms with Gasteiger partial charge in [-0.3, -0.25) is 14.2 Å². The lowest BCUT2D eigenvalue weighted by molar-refractivity contribution is -0.116. The molecule has 1 heterocycles. The molecule has 0 fully saturated rings. The zero-order chi connectivity index (χ0) is 22.2. The predicted octanol–water partition coefficient (Wildman–Crippen LogP) is 3.62. The van der Waals surface area contributed by atoms with Crippen LogP contribution in [0, 0.1) is 0 Å². The van der Waals surface area contributed by atoms with Crippen molar-refractivity contribution in [2.45, 2.75) is 32.7 Å². The van der Waals surface area contributed by atoms with Crippen molar-refractivity contribution in [1.82, 2.24) is 9.55 Å². The molecule has 164 valence electrons. The number of aryl methyl sites for hydroxylation is 1. The van der Waals surface area contributed by atoms with Crippen molar-refractivity contribution in [3.63, 3.8) is 0 Å². The number of nitrogens with zero attached hydrogens (tertiary/aromatic N) is 2. The molecule has 2 aromatic carbocycles. The summed E-state index contributed by atoms with van der Waals surface area (Å²) in [6, 6.07) is 10.6. The third kappa shape index (κ3) is 5.33. The van der Waals surface area contributed by atoms with Crippen LogP contribution < -0.4 is 25.1 Å². The highest BCUT2D eigenvalue weighted by Gasteiger charge is 2.12. The van der Waals surface area contributed by atoms with E-state index < -0.39 is 0 Å². The number of nitrogens with one attached hydrogen (secondary N) is 1. The van der Waals surface area contributed by atoms with E-state index in [4.69, 9.17) is 14.2 Å². The van der Waals surface area contributed by atoms with Crippen molar-refractivity contribution < 1.29 is 19.0 Å². The van der Waals surface area contributed by atoms with Gasteiger partial charge >= 0.3 is 0 Å². The number of rotatable bonds is 10. The Bertz CT molecular complexity index is 1110. The maximum absolute atomic E-state index is 12.8. The highest BCUT2D eigenvalue weighted by atomic mass is 16.5. The highest BCUT2D eigenvalue weighted by molar-refractivity contribution is 5.92. The summed E-state index contributed by atoms with van der Waals surface area (Å²) in [5.41, 5.74) is 0.983. The average molecular weight is 425 g/mol. The first-order chi connectivity index (χ1) is 15.1. The van der Waals surface area contributed by atoms with E-state index in [2.05, 4.69) is 10.3 Å². The number of carbonyl (C=O) groups is 1. The molecule has 3 aromatic rings. The van der Waals surface area contributed by atoms with Crippen molar-refractivity contribution in [3.05, 3.63) is 53.1 Å². The maximum atomic E-state index is 12.8. The number of para-hydroxylation sites is 2. The van der Waals surface area contributed by atoms with Crippen molar-refractivity contribution in [1.29, 1.82) is 0 Å². The minimum atomic E-state index is -0.190.